The molecule has 1 heterocycles. The maximum absolute atomic E-state index is 11.1. The summed E-state index contributed by atoms with van der Waals surface area (Å²) < 4.78 is 5.42. The molecule has 0 N–H and O–H groups in total. The summed E-state index contributed by atoms with van der Waals surface area (Å²) in [5.74, 6) is -0.262. The van der Waals surface area contributed by atoms with Gasteiger partial charge in [0, 0.05) is 0 Å². The Balaban J connectivity index is 2.71. The number of ether oxygens (including phenoxy) is 1. The molecule has 0 radical (unpaired) electrons. The summed E-state index contributed by atoms with van der Waals surface area (Å²) in [7, 11) is 0. The summed E-state index contributed by atoms with van der Waals surface area (Å²) in [5.41, 5.74) is 0.787. The van der Waals surface area contributed by atoms with E-state index in [0.29, 0.717) is 16.4 Å². The van der Waals surface area contributed by atoms with Crippen molar-refractivity contribution in [3.8, 4) is 0 Å². The van der Waals surface area contributed by atoms with E-state index in [1.54, 1.807) is 19.1 Å². The summed E-state index contributed by atoms with van der Waals surface area (Å²) >= 11 is 8.91. The van der Waals surface area contributed by atoms with Crippen LogP contribution in [-0.4, -0.2) is 17.6 Å². The van der Waals surface area contributed by atoms with Crippen LogP contribution in [0.1, 0.15) is 12.5 Å². The molecule has 0 fully saturated rings. The number of esters is 1. The van der Waals surface area contributed by atoms with E-state index in [1.807, 2.05) is 0 Å². The Kier molecular flexibility index (Phi) is 4.35. The van der Waals surface area contributed by atoms with Crippen molar-refractivity contribution >= 4 is 33.5 Å². The number of aromatic nitrogens is 1. The van der Waals surface area contributed by atoms with Crippen molar-refractivity contribution in [2.45, 2.75) is 13.3 Å². The second-order valence-corrected chi connectivity index (χ2v) is 3.80. The minimum absolute atomic E-state index is 0.217. The third kappa shape index (κ3) is 3.64. The van der Waals surface area contributed by atoms with E-state index in [-0.39, 0.29) is 12.4 Å². The fourth-order valence-electron chi connectivity index (χ4n) is 0.995. The molecule has 0 saturated carbocycles. The van der Waals surface area contributed by atoms with Crippen LogP contribution in [0.25, 0.3) is 0 Å². The molecule has 1 rings (SSSR count). The monoisotopic (exact) mass is 277 g/mol. The van der Waals surface area contributed by atoms with Crippen LogP contribution in [0.2, 0.25) is 5.15 Å². The topological polar surface area (TPSA) is 39.2 Å². The van der Waals surface area contributed by atoms with Gasteiger partial charge in [0.1, 0.15) is 9.76 Å². The van der Waals surface area contributed by atoms with Gasteiger partial charge in [-0.3, -0.25) is 4.79 Å². The Labute approximate surface area is 95.6 Å². The summed E-state index contributed by atoms with van der Waals surface area (Å²) in [4.78, 5) is 15.1. The molecule has 76 valence electrons. The van der Waals surface area contributed by atoms with Crippen LogP contribution in [0.3, 0.4) is 0 Å². The van der Waals surface area contributed by atoms with Crippen molar-refractivity contribution in [3.63, 3.8) is 0 Å². The lowest BCUT2D eigenvalue weighted by molar-refractivity contribution is -0.142. The molecular formula is C9H9BrClNO2. The molecule has 0 aromatic carbocycles. The maximum atomic E-state index is 11.1. The predicted molar refractivity (Wildman–Crippen MR) is 57.3 cm³/mol. The summed E-state index contributed by atoms with van der Waals surface area (Å²) in [6, 6.07) is 3.38. The zero-order valence-corrected chi connectivity index (χ0v) is 9.93. The van der Waals surface area contributed by atoms with E-state index >= 15 is 0 Å². The first-order chi connectivity index (χ1) is 6.61. The van der Waals surface area contributed by atoms with Gasteiger partial charge in [0.2, 0.25) is 0 Å². The Bertz CT molecular complexity index is 323. The number of hydrogen-bond donors (Lipinski definition) is 0. The van der Waals surface area contributed by atoms with Gasteiger partial charge in [0.25, 0.3) is 0 Å². The Morgan fingerprint density at radius 1 is 1.64 bits per heavy atom. The first kappa shape index (κ1) is 11.5. The van der Waals surface area contributed by atoms with E-state index in [4.69, 9.17) is 16.3 Å². The molecule has 14 heavy (non-hydrogen) atoms. The number of nitrogens with zero attached hydrogens (tertiary/aromatic N) is 1. The average molecular weight is 279 g/mol. The molecule has 0 saturated heterocycles. The molecule has 0 unspecified atom stereocenters. The SMILES string of the molecule is CCOC(=O)Cc1cc(Cl)nc(Br)c1. The van der Waals surface area contributed by atoms with Crippen molar-refractivity contribution in [1.29, 1.82) is 0 Å². The van der Waals surface area contributed by atoms with Crippen LogP contribution in [0.15, 0.2) is 16.7 Å². The van der Waals surface area contributed by atoms with Crippen molar-refractivity contribution in [1.82, 2.24) is 4.98 Å². The van der Waals surface area contributed by atoms with Gasteiger partial charge in [-0.15, -0.1) is 0 Å². The van der Waals surface area contributed by atoms with Gasteiger partial charge < -0.3 is 4.74 Å². The van der Waals surface area contributed by atoms with Crippen LogP contribution in [0.4, 0.5) is 0 Å². The lowest BCUT2D eigenvalue weighted by atomic mass is 10.2. The number of halogens is 2. The maximum Gasteiger partial charge on any atom is 0.310 e. The van der Waals surface area contributed by atoms with Crippen molar-refractivity contribution in [2.24, 2.45) is 0 Å². The van der Waals surface area contributed by atoms with Crippen molar-refractivity contribution in [2.75, 3.05) is 6.61 Å². The molecule has 0 bridgehead atoms. The Morgan fingerprint density at radius 2 is 2.36 bits per heavy atom. The third-order valence-electron chi connectivity index (χ3n) is 1.48. The second kappa shape index (κ2) is 5.32. The quantitative estimate of drug-likeness (QED) is 0.630. The normalized spacial score (nSPS) is 9.93. The minimum Gasteiger partial charge on any atom is -0.466 e. The number of carbonyl (C=O) groups excluding carboxylic acids is 1. The molecule has 1 aromatic rings. The van der Waals surface area contributed by atoms with Gasteiger partial charge in [0.15, 0.2) is 0 Å². The Morgan fingerprint density at radius 3 is 2.93 bits per heavy atom. The Hall–Kier alpha value is -0.610. The van der Waals surface area contributed by atoms with Gasteiger partial charge in [-0.25, -0.2) is 4.98 Å². The van der Waals surface area contributed by atoms with Gasteiger partial charge >= 0.3 is 5.97 Å². The summed E-state index contributed by atoms with van der Waals surface area (Å²) in [6.07, 6.45) is 0.217. The molecule has 0 aliphatic carbocycles. The molecule has 0 spiro atoms. The van der Waals surface area contributed by atoms with Gasteiger partial charge in [-0.1, -0.05) is 11.6 Å². The third-order valence-corrected chi connectivity index (χ3v) is 2.08. The fraction of sp³-hybridized carbons (Fsp3) is 0.333. The molecular weight excluding hydrogens is 269 g/mol. The number of pyridine rings is 1. The first-order valence-corrected chi connectivity index (χ1v) is 5.26. The molecule has 3 nitrogen and oxygen atoms in total. The highest BCUT2D eigenvalue weighted by atomic mass is 79.9. The van der Waals surface area contributed by atoms with E-state index in [0.717, 1.165) is 5.56 Å². The highest BCUT2D eigenvalue weighted by Gasteiger charge is 2.06. The van der Waals surface area contributed by atoms with E-state index < -0.39 is 0 Å². The number of carbonyl (C=O) groups is 1. The van der Waals surface area contributed by atoms with E-state index in [1.165, 1.54) is 0 Å². The number of hydrogen-bond acceptors (Lipinski definition) is 3. The zero-order chi connectivity index (χ0) is 10.6. The summed E-state index contributed by atoms with van der Waals surface area (Å²) in [6.45, 7) is 2.16. The smallest absolute Gasteiger partial charge is 0.310 e. The van der Waals surface area contributed by atoms with Crippen LogP contribution in [-0.2, 0) is 16.0 Å². The van der Waals surface area contributed by atoms with Crippen LogP contribution in [0.5, 0.6) is 0 Å². The summed E-state index contributed by atoms with van der Waals surface area (Å²) in [5, 5.41) is 0.360. The van der Waals surface area contributed by atoms with Gasteiger partial charge in [-0.2, -0.15) is 0 Å². The molecule has 5 heteroatoms. The highest BCUT2D eigenvalue weighted by molar-refractivity contribution is 9.10. The lowest BCUT2D eigenvalue weighted by Gasteiger charge is -2.02. The lowest BCUT2D eigenvalue weighted by Crippen LogP contribution is -2.07. The largest absolute Gasteiger partial charge is 0.466 e. The predicted octanol–water partition coefficient (Wildman–Crippen LogP) is 2.60. The molecule has 0 aliphatic rings. The molecule has 1 aromatic heterocycles. The minimum atomic E-state index is -0.262. The van der Waals surface area contributed by atoms with Crippen molar-refractivity contribution < 1.29 is 9.53 Å². The van der Waals surface area contributed by atoms with Crippen LogP contribution in [0, 0.1) is 0 Å². The average Bonchev–Trinajstić information content (AvgIpc) is 2.01. The van der Waals surface area contributed by atoms with Gasteiger partial charge in [-0.05, 0) is 40.5 Å². The fourth-order valence-corrected chi connectivity index (χ4v) is 1.81. The van der Waals surface area contributed by atoms with Crippen molar-refractivity contribution in [3.05, 3.63) is 27.5 Å². The molecule has 0 amide bonds. The molecule has 0 aliphatic heterocycles. The van der Waals surface area contributed by atoms with E-state index in [2.05, 4.69) is 20.9 Å². The van der Waals surface area contributed by atoms with Crippen LogP contribution >= 0.6 is 27.5 Å². The standard InChI is InChI=1S/C9H9BrClNO2/c1-2-14-9(13)5-6-3-7(10)12-8(11)4-6/h3-4H,2,5H2,1H3. The zero-order valence-electron chi connectivity index (χ0n) is 7.59. The van der Waals surface area contributed by atoms with Crippen LogP contribution < -0.4 is 0 Å². The molecule has 0 atom stereocenters. The number of rotatable bonds is 3. The highest BCUT2D eigenvalue weighted by Crippen LogP contribution is 2.15. The second-order valence-electron chi connectivity index (χ2n) is 2.60. The van der Waals surface area contributed by atoms with E-state index in [9.17, 15) is 4.79 Å². The van der Waals surface area contributed by atoms with Gasteiger partial charge in [0.05, 0.1) is 13.0 Å². The first-order valence-electron chi connectivity index (χ1n) is 4.09.